The highest BCUT2D eigenvalue weighted by molar-refractivity contribution is 5.91. The Morgan fingerprint density at radius 3 is 2.56 bits per heavy atom. The lowest BCUT2D eigenvalue weighted by molar-refractivity contribution is -0.176. The van der Waals surface area contributed by atoms with Crippen molar-refractivity contribution in [3.05, 3.63) is 52.4 Å². The molecule has 1 fully saturated rings. The maximum absolute atomic E-state index is 13.5. The molecule has 1 saturated heterocycles. The Morgan fingerprint density at radius 2 is 2.00 bits per heavy atom. The van der Waals surface area contributed by atoms with Gasteiger partial charge in [-0.1, -0.05) is 19.1 Å². The molecule has 10 nitrogen and oxygen atoms in total. The number of fused-ring (bicyclic) bond motifs is 1. The lowest BCUT2D eigenvalue weighted by Gasteiger charge is -2.39. The minimum Gasteiger partial charge on any atom is -0.458 e. The highest BCUT2D eigenvalue weighted by atomic mass is 19.4. The molecule has 4 rings (SSSR count). The van der Waals surface area contributed by atoms with Crippen molar-refractivity contribution in [2.24, 2.45) is 0 Å². The van der Waals surface area contributed by atoms with E-state index in [9.17, 15) is 28.0 Å². The number of alkyl halides is 3. The van der Waals surface area contributed by atoms with E-state index in [4.69, 9.17) is 9.47 Å². The van der Waals surface area contributed by atoms with Crippen molar-refractivity contribution in [2.75, 3.05) is 18.5 Å². The molecule has 1 aliphatic rings. The lowest BCUT2D eigenvalue weighted by Crippen LogP contribution is -2.47. The molecule has 220 valence electrons. The van der Waals surface area contributed by atoms with Crippen LogP contribution in [0.4, 0.5) is 24.7 Å². The molecule has 3 atom stereocenters. The van der Waals surface area contributed by atoms with Crippen LogP contribution < -0.4 is 16.2 Å². The first-order chi connectivity index (χ1) is 19.3. The number of nitrogens with zero attached hydrogens (tertiary/aromatic N) is 3. The fourth-order valence-corrected chi connectivity index (χ4v) is 4.94. The summed E-state index contributed by atoms with van der Waals surface area (Å²) in [6.45, 7) is 7.01. The monoisotopic (exact) mass is 574 g/mol. The number of benzene rings is 1. The molecular weight excluding hydrogens is 541 g/mol. The molecule has 41 heavy (non-hydrogen) atoms. The Morgan fingerprint density at radius 1 is 1.29 bits per heavy atom. The summed E-state index contributed by atoms with van der Waals surface area (Å²) in [6, 6.07) is 7.69. The zero-order valence-corrected chi connectivity index (χ0v) is 23.3. The molecule has 13 heteroatoms. The van der Waals surface area contributed by atoms with Crippen LogP contribution in [0.15, 0.2) is 41.3 Å². The molecule has 1 aliphatic heterocycles. The number of ether oxygens (including phenoxy) is 2. The van der Waals surface area contributed by atoms with Crippen molar-refractivity contribution in [3.8, 4) is 6.07 Å². The van der Waals surface area contributed by atoms with Gasteiger partial charge in [0.25, 0.3) is 5.56 Å². The summed E-state index contributed by atoms with van der Waals surface area (Å²) in [6.07, 6.45) is -3.18. The predicted molar refractivity (Wildman–Crippen MR) is 146 cm³/mol. The SMILES string of the molecule is CCN[C@H](c1ccc(Nc2nn([C@]3(CC#N)CC[C@@H](C(=O)OC(C)(C)C)OC3)c3cc[nH]c(=O)c23)cc1)C(F)(F)F. The Hall–Kier alpha value is -3.89. The third-order valence-corrected chi connectivity index (χ3v) is 6.80. The van der Waals surface area contributed by atoms with Gasteiger partial charge in [0, 0.05) is 11.9 Å². The van der Waals surface area contributed by atoms with Crippen LogP contribution in [-0.2, 0) is 19.8 Å². The molecule has 0 aliphatic carbocycles. The van der Waals surface area contributed by atoms with Crippen LogP contribution >= 0.6 is 0 Å². The van der Waals surface area contributed by atoms with Crippen LogP contribution in [0, 0.1) is 11.3 Å². The fourth-order valence-electron chi connectivity index (χ4n) is 4.94. The Labute approximate surface area is 234 Å². The first kappa shape index (κ1) is 30.1. The van der Waals surface area contributed by atoms with Crippen molar-refractivity contribution in [2.45, 2.75) is 76.4 Å². The second-order valence-corrected chi connectivity index (χ2v) is 11.0. The minimum absolute atomic E-state index is 0.00495. The molecule has 3 N–H and O–H groups in total. The van der Waals surface area contributed by atoms with Crippen molar-refractivity contribution in [1.29, 1.82) is 5.26 Å². The van der Waals surface area contributed by atoms with Crippen LogP contribution in [0.2, 0.25) is 0 Å². The topological polar surface area (TPSA) is 134 Å². The smallest absolute Gasteiger partial charge is 0.407 e. The normalized spacial score (nSPS) is 20.4. The third kappa shape index (κ3) is 6.55. The van der Waals surface area contributed by atoms with Gasteiger partial charge >= 0.3 is 12.1 Å². The van der Waals surface area contributed by atoms with Gasteiger partial charge in [-0.15, -0.1) is 0 Å². The van der Waals surface area contributed by atoms with Gasteiger partial charge in [0.05, 0.1) is 30.2 Å². The van der Waals surface area contributed by atoms with Crippen molar-refractivity contribution >= 4 is 28.4 Å². The number of nitriles is 1. The summed E-state index contributed by atoms with van der Waals surface area (Å²) < 4.78 is 53.4. The molecule has 1 aromatic carbocycles. The summed E-state index contributed by atoms with van der Waals surface area (Å²) in [7, 11) is 0. The zero-order valence-electron chi connectivity index (χ0n) is 23.3. The second kappa shape index (κ2) is 11.5. The number of halogens is 3. The minimum atomic E-state index is -4.47. The molecule has 0 radical (unpaired) electrons. The van der Waals surface area contributed by atoms with Crippen LogP contribution in [0.1, 0.15) is 58.6 Å². The third-order valence-electron chi connectivity index (χ3n) is 6.80. The number of anilines is 2. The number of carbonyl (C=O) groups is 1. The van der Waals surface area contributed by atoms with E-state index in [1.807, 2.05) is 0 Å². The Kier molecular flexibility index (Phi) is 8.46. The quantitative estimate of drug-likeness (QED) is 0.327. The van der Waals surface area contributed by atoms with E-state index in [-0.39, 0.29) is 42.8 Å². The summed E-state index contributed by atoms with van der Waals surface area (Å²) in [5.41, 5.74) is -1.20. The van der Waals surface area contributed by atoms with Gasteiger partial charge in [0.1, 0.15) is 17.0 Å². The van der Waals surface area contributed by atoms with Gasteiger partial charge in [0.15, 0.2) is 11.9 Å². The molecule has 2 aromatic heterocycles. The number of H-pyrrole nitrogens is 1. The molecule has 3 aromatic rings. The van der Waals surface area contributed by atoms with Gasteiger partial charge in [0.2, 0.25) is 0 Å². The van der Waals surface area contributed by atoms with E-state index in [0.29, 0.717) is 17.6 Å². The van der Waals surface area contributed by atoms with Crippen molar-refractivity contribution in [3.63, 3.8) is 0 Å². The molecule has 0 unspecified atom stereocenters. The maximum Gasteiger partial charge on any atom is 0.407 e. The van der Waals surface area contributed by atoms with Crippen molar-refractivity contribution in [1.82, 2.24) is 20.1 Å². The van der Waals surface area contributed by atoms with E-state index in [1.165, 1.54) is 30.5 Å². The summed E-state index contributed by atoms with van der Waals surface area (Å²) >= 11 is 0. The highest BCUT2D eigenvalue weighted by Gasteiger charge is 2.43. The lowest BCUT2D eigenvalue weighted by atomic mass is 9.87. The first-order valence-electron chi connectivity index (χ1n) is 13.3. The van der Waals surface area contributed by atoms with E-state index >= 15 is 0 Å². The molecule has 3 heterocycles. The van der Waals surface area contributed by atoms with Gasteiger partial charge < -0.3 is 25.1 Å². The van der Waals surface area contributed by atoms with Crippen molar-refractivity contribution < 1.29 is 27.4 Å². The van der Waals surface area contributed by atoms with E-state index < -0.39 is 41.0 Å². The van der Waals surface area contributed by atoms with E-state index in [1.54, 1.807) is 38.4 Å². The highest BCUT2D eigenvalue weighted by Crippen LogP contribution is 2.38. The zero-order chi connectivity index (χ0) is 30.0. The standard InChI is InChI=1S/C28H33F3N6O4/c1-5-33-22(28(29,30)31)17-6-8-18(9-7-17)35-23-21-19(11-15-34-24(21)38)37(36-23)27(13-14-32)12-10-20(40-16-27)25(39)41-26(2,3)4/h6-9,11,15,20,22,33H,5,10,12-13,16H2,1-4H3,(H,34,38)(H,35,36)/t20-,22+,27-/m0/s1. The van der Waals surface area contributed by atoms with Gasteiger partial charge in [-0.25, -0.2) is 4.79 Å². The number of rotatable bonds is 8. The number of hydrogen-bond donors (Lipinski definition) is 3. The van der Waals surface area contributed by atoms with Crippen LogP contribution in [0.25, 0.3) is 10.9 Å². The maximum atomic E-state index is 13.5. The molecule has 0 bridgehead atoms. The molecular formula is C28H33F3N6O4. The number of nitrogens with one attached hydrogen (secondary N) is 3. The van der Waals surface area contributed by atoms with Gasteiger partial charge in [-0.05, 0) is 63.9 Å². The average Bonchev–Trinajstić information content (AvgIpc) is 3.27. The van der Waals surface area contributed by atoms with Gasteiger partial charge in [-0.3, -0.25) is 9.48 Å². The van der Waals surface area contributed by atoms with Crippen LogP contribution in [0.5, 0.6) is 0 Å². The predicted octanol–water partition coefficient (Wildman–Crippen LogP) is 4.81. The number of aromatic nitrogens is 3. The number of hydrogen-bond acceptors (Lipinski definition) is 8. The summed E-state index contributed by atoms with van der Waals surface area (Å²) in [5, 5.41) is 20.1. The van der Waals surface area contributed by atoms with E-state index in [0.717, 1.165) is 0 Å². The molecule has 0 spiro atoms. The Bertz CT molecular complexity index is 1480. The molecule has 0 saturated carbocycles. The fraction of sp³-hybridized carbons (Fsp3) is 0.500. The first-order valence-corrected chi connectivity index (χ1v) is 13.3. The second-order valence-electron chi connectivity index (χ2n) is 11.0. The summed E-state index contributed by atoms with van der Waals surface area (Å²) in [4.78, 5) is 28.1. The number of aromatic amines is 1. The van der Waals surface area contributed by atoms with Crippen LogP contribution in [-0.4, -0.2) is 51.8 Å². The number of esters is 1. The number of pyridine rings is 1. The van der Waals surface area contributed by atoms with Gasteiger partial charge in [-0.2, -0.15) is 23.5 Å². The summed E-state index contributed by atoms with van der Waals surface area (Å²) in [5.74, 6) is -0.322. The number of carbonyl (C=O) groups excluding carboxylic acids is 1. The Balaban J connectivity index is 1.66. The largest absolute Gasteiger partial charge is 0.458 e. The van der Waals surface area contributed by atoms with Crippen LogP contribution in [0.3, 0.4) is 0 Å². The van der Waals surface area contributed by atoms with E-state index in [2.05, 4.69) is 26.8 Å². The molecule has 0 amide bonds. The average molecular weight is 575 g/mol.